The summed E-state index contributed by atoms with van der Waals surface area (Å²) in [6.45, 7) is 4.19. The molecule has 1 amide bonds. The number of likely N-dealkylation sites (N-methyl/N-ethyl adjacent to an activating group) is 1. The molecule has 0 saturated carbocycles. The summed E-state index contributed by atoms with van der Waals surface area (Å²) in [5.41, 5.74) is 1.61. The third-order valence-corrected chi connectivity index (χ3v) is 6.34. The van der Waals surface area contributed by atoms with Gasteiger partial charge in [-0.05, 0) is 58.3 Å². The summed E-state index contributed by atoms with van der Waals surface area (Å²) in [6.07, 6.45) is 6.35. The highest BCUT2D eigenvalue weighted by molar-refractivity contribution is 6.32. The Kier molecular flexibility index (Phi) is 9.38. The number of halogens is 1. The van der Waals surface area contributed by atoms with Crippen molar-refractivity contribution in [2.75, 3.05) is 38.4 Å². The third kappa shape index (κ3) is 7.69. The summed E-state index contributed by atoms with van der Waals surface area (Å²) in [4.78, 5) is 27.6. The molecule has 3 N–H and O–H groups in total. The summed E-state index contributed by atoms with van der Waals surface area (Å²) in [6, 6.07) is 12.4. The van der Waals surface area contributed by atoms with Crippen molar-refractivity contribution in [2.45, 2.75) is 26.1 Å². The van der Waals surface area contributed by atoms with E-state index in [0.717, 1.165) is 5.69 Å². The molecule has 2 heterocycles. The fraction of sp³-hybridized carbons (Fsp3) is 0.267. The Hall–Kier alpha value is -4.25. The highest BCUT2D eigenvalue weighted by Gasteiger charge is 2.24. The average molecular weight is 577 g/mol. The molecule has 0 spiro atoms. The van der Waals surface area contributed by atoms with E-state index < -0.39 is 5.60 Å². The molecule has 4 aromatic rings. The molecule has 0 radical (unpaired) electrons. The largest absolute Gasteiger partial charge is 0.494 e. The maximum absolute atomic E-state index is 12.6. The number of benzene rings is 2. The molecule has 41 heavy (non-hydrogen) atoms. The predicted molar refractivity (Wildman–Crippen MR) is 161 cm³/mol. The Bertz CT molecular complexity index is 1550. The van der Waals surface area contributed by atoms with Gasteiger partial charge in [0.1, 0.15) is 30.3 Å². The number of pyridine rings is 1. The van der Waals surface area contributed by atoms with Gasteiger partial charge in [0.15, 0.2) is 0 Å². The van der Waals surface area contributed by atoms with Gasteiger partial charge in [-0.3, -0.25) is 9.78 Å². The first-order valence-electron chi connectivity index (χ1n) is 12.9. The van der Waals surface area contributed by atoms with Gasteiger partial charge in [-0.25, -0.2) is 9.97 Å². The van der Waals surface area contributed by atoms with Crippen molar-refractivity contribution in [3.05, 3.63) is 83.4 Å². The minimum absolute atomic E-state index is 0.218. The number of hydrogen-bond acceptors (Lipinski definition) is 9. The van der Waals surface area contributed by atoms with Crippen LogP contribution in [0.15, 0.2) is 67.1 Å². The SMILES string of the molecule is COc1cc2ncnc(Nc3cc(Cl)c(OCc4ccccn4)cc3C(C)(C)O)c2cc1NC(=O)C=CCN(C)C. The van der Waals surface area contributed by atoms with E-state index in [2.05, 4.69) is 25.6 Å². The van der Waals surface area contributed by atoms with Gasteiger partial charge in [0.2, 0.25) is 5.91 Å². The van der Waals surface area contributed by atoms with Gasteiger partial charge >= 0.3 is 0 Å². The second-order valence-corrected chi connectivity index (χ2v) is 10.5. The van der Waals surface area contributed by atoms with E-state index in [1.165, 1.54) is 19.5 Å². The number of amides is 1. The number of rotatable bonds is 11. The molecular weight excluding hydrogens is 544 g/mol. The van der Waals surface area contributed by atoms with Gasteiger partial charge < -0.3 is 30.1 Å². The zero-order chi connectivity index (χ0) is 29.6. The van der Waals surface area contributed by atoms with Crippen LogP contribution in [0, 0.1) is 0 Å². The highest BCUT2D eigenvalue weighted by atomic mass is 35.5. The van der Waals surface area contributed by atoms with Crippen LogP contribution in [0.25, 0.3) is 10.9 Å². The second-order valence-electron chi connectivity index (χ2n) is 10.1. The minimum atomic E-state index is -1.25. The molecule has 0 saturated heterocycles. The Morgan fingerprint density at radius 3 is 2.59 bits per heavy atom. The minimum Gasteiger partial charge on any atom is -0.494 e. The molecule has 10 nitrogen and oxygen atoms in total. The Balaban J connectivity index is 1.68. The van der Waals surface area contributed by atoms with Gasteiger partial charge in [0.25, 0.3) is 0 Å². The van der Waals surface area contributed by atoms with Crippen molar-refractivity contribution in [1.29, 1.82) is 0 Å². The van der Waals surface area contributed by atoms with E-state index in [-0.39, 0.29) is 12.5 Å². The van der Waals surface area contributed by atoms with Crippen LogP contribution in [0.2, 0.25) is 5.02 Å². The molecule has 0 atom stereocenters. The lowest BCUT2D eigenvalue weighted by molar-refractivity contribution is -0.111. The first-order chi connectivity index (χ1) is 19.5. The Morgan fingerprint density at radius 1 is 1.10 bits per heavy atom. The second kappa shape index (κ2) is 12.9. The van der Waals surface area contributed by atoms with Gasteiger partial charge in [0, 0.05) is 41.5 Å². The fourth-order valence-electron chi connectivity index (χ4n) is 4.03. The van der Waals surface area contributed by atoms with E-state index in [9.17, 15) is 9.90 Å². The fourth-order valence-corrected chi connectivity index (χ4v) is 4.25. The van der Waals surface area contributed by atoms with Gasteiger partial charge in [-0.1, -0.05) is 23.7 Å². The lowest BCUT2D eigenvalue weighted by atomic mass is 9.96. The lowest BCUT2D eigenvalue weighted by Gasteiger charge is -2.24. The quantitative estimate of drug-likeness (QED) is 0.204. The number of hydrogen-bond donors (Lipinski definition) is 3. The molecule has 0 aliphatic rings. The van der Waals surface area contributed by atoms with Crippen LogP contribution < -0.4 is 20.1 Å². The molecule has 0 aliphatic heterocycles. The topological polar surface area (TPSA) is 122 Å². The Morgan fingerprint density at radius 2 is 1.90 bits per heavy atom. The molecular formula is C30H33ClN6O4. The van der Waals surface area contributed by atoms with Gasteiger partial charge in [-0.2, -0.15) is 0 Å². The number of aliphatic hydroxyl groups is 1. The Labute approximate surface area is 244 Å². The van der Waals surface area contributed by atoms with Crippen LogP contribution in [-0.4, -0.2) is 58.6 Å². The highest BCUT2D eigenvalue weighted by Crippen LogP contribution is 2.40. The summed E-state index contributed by atoms with van der Waals surface area (Å²) in [7, 11) is 5.36. The number of nitrogens with one attached hydrogen (secondary N) is 2. The number of methoxy groups -OCH3 is 1. The molecule has 0 aliphatic carbocycles. The number of fused-ring (bicyclic) bond motifs is 1. The molecule has 0 fully saturated rings. The standard InChI is InChI=1S/C30H33ClN6O4/c1-30(2,39)21-14-26(41-17-19-9-6-7-11-32-19)22(31)15-24(21)36-29-20-13-25(35-28(38)10-8-12-37(3)4)27(40-5)16-23(20)33-18-34-29/h6-11,13-16,18,39H,12,17H2,1-5H3,(H,35,38)(H,33,34,36). The van der Waals surface area contributed by atoms with Crippen LogP contribution in [0.4, 0.5) is 17.2 Å². The number of aromatic nitrogens is 3. The summed E-state index contributed by atoms with van der Waals surface area (Å²) in [5, 5.41) is 18.1. The molecule has 0 unspecified atom stereocenters. The van der Waals surface area contributed by atoms with Crippen LogP contribution in [-0.2, 0) is 17.0 Å². The van der Waals surface area contributed by atoms with Crippen LogP contribution >= 0.6 is 11.6 Å². The normalized spacial score (nSPS) is 11.7. The molecule has 2 aromatic heterocycles. The number of ether oxygens (including phenoxy) is 2. The van der Waals surface area contributed by atoms with Crippen molar-refractivity contribution in [3.8, 4) is 11.5 Å². The molecule has 4 rings (SSSR count). The van der Waals surface area contributed by atoms with Crippen molar-refractivity contribution in [1.82, 2.24) is 19.9 Å². The van der Waals surface area contributed by atoms with Crippen molar-refractivity contribution >= 4 is 45.6 Å². The first kappa shape index (κ1) is 29.7. The summed E-state index contributed by atoms with van der Waals surface area (Å²) < 4.78 is 11.4. The lowest BCUT2D eigenvalue weighted by Crippen LogP contribution is -2.18. The molecule has 2 aromatic carbocycles. The first-order valence-corrected chi connectivity index (χ1v) is 13.2. The van der Waals surface area contributed by atoms with Gasteiger partial charge in [0.05, 0.1) is 34.6 Å². The molecule has 0 bridgehead atoms. The number of carbonyl (C=O) groups is 1. The summed E-state index contributed by atoms with van der Waals surface area (Å²) >= 11 is 6.61. The zero-order valence-corrected chi connectivity index (χ0v) is 24.4. The number of nitrogens with zero attached hydrogens (tertiary/aromatic N) is 4. The smallest absolute Gasteiger partial charge is 0.248 e. The molecule has 11 heteroatoms. The third-order valence-electron chi connectivity index (χ3n) is 6.04. The number of carbonyl (C=O) groups excluding carboxylic acids is 1. The van der Waals surface area contributed by atoms with Crippen LogP contribution in [0.5, 0.6) is 11.5 Å². The van der Waals surface area contributed by atoms with E-state index in [1.807, 2.05) is 37.2 Å². The monoisotopic (exact) mass is 576 g/mol. The van der Waals surface area contributed by atoms with E-state index >= 15 is 0 Å². The number of anilines is 3. The molecule has 214 valence electrons. The van der Waals surface area contributed by atoms with E-state index in [0.29, 0.717) is 56.7 Å². The predicted octanol–water partition coefficient (Wildman–Crippen LogP) is 5.29. The van der Waals surface area contributed by atoms with Crippen LogP contribution in [0.3, 0.4) is 0 Å². The van der Waals surface area contributed by atoms with Gasteiger partial charge in [-0.15, -0.1) is 0 Å². The zero-order valence-electron chi connectivity index (χ0n) is 23.6. The van der Waals surface area contributed by atoms with Crippen LogP contribution in [0.1, 0.15) is 25.1 Å². The van der Waals surface area contributed by atoms with Crippen molar-refractivity contribution < 1.29 is 19.4 Å². The van der Waals surface area contributed by atoms with E-state index in [4.69, 9.17) is 21.1 Å². The maximum atomic E-state index is 12.6. The van der Waals surface area contributed by atoms with Crippen molar-refractivity contribution in [3.63, 3.8) is 0 Å². The summed E-state index contributed by atoms with van der Waals surface area (Å²) in [5.74, 6) is 1.00. The van der Waals surface area contributed by atoms with E-state index in [1.54, 1.807) is 50.4 Å². The maximum Gasteiger partial charge on any atom is 0.248 e. The van der Waals surface area contributed by atoms with Crippen molar-refractivity contribution in [2.24, 2.45) is 0 Å². The average Bonchev–Trinajstić information content (AvgIpc) is 2.92.